The van der Waals surface area contributed by atoms with Crippen molar-refractivity contribution in [1.82, 2.24) is 0 Å². The van der Waals surface area contributed by atoms with Gasteiger partial charge in [-0.1, -0.05) is 57.8 Å². The molecule has 0 N–H and O–H groups in total. The highest BCUT2D eigenvalue weighted by Gasteiger charge is 2.73. The number of rotatable bonds is 0. The van der Waals surface area contributed by atoms with E-state index in [9.17, 15) is 0 Å². The molecule has 24 aliphatic carbocycles. The third-order valence-corrected chi connectivity index (χ3v) is 34.9. The third-order valence-electron chi connectivity index (χ3n) is 34.9. The van der Waals surface area contributed by atoms with E-state index in [1.165, 1.54) is 94.7 Å². The Hall–Kier alpha value is 0. The first-order chi connectivity index (χ1) is 36.8. The second-order valence-corrected chi connectivity index (χ2v) is 35.4. The maximum Gasteiger partial charge on any atom is -0.0235 e. The average Bonchev–Trinajstić information content (AvgIpc) is 4.50. The van der Waals surface area contributed by atoms with E-state index in [-0.39, 0.29) is 0 Å². The van der Waals surface area contributed by atoms with Crippen LogP contribution in [0, 0.1) is 138 Å². The molecule has 0 saturated heterocycles. The van der Waals surface area contributed by atoms with Crippen molar-refractivity contribution in [1.29, 1.82) is 0 Å². The van der Waals surface area contributed by atoms with Gasteiger partial charge in [0.2, 0.25) is 0 Å². The van der Waals surface area contributed by atoms with Gasteiger partial charge in [0, 0.05) is 0 Å². The second kappa shape index (κ2) is 18.2. The molecule has 20 unspecified atom stereocenters. The molecule has 24 aliphatic rings. The molecule has 0 aromatic rings. The standard InChI is InChI=1S/2C11H18.2C10H16.2C9H14.C8H12.C7H10/c1-3-9-5-2-7-11(9)8-6-10(11)4-1;1-2-5-10-8-11(10)7-3-6-9(11)4-1;1-3-8-7-9-4-2-6-10(8,9)5-1;1-2-8-4-6-10(8)7-5-9(10)3-1;1-2-8-4-6-9(8)5-3-7(1)9;1-2-7-6-8-3-5-9(7,8)4-1;1-2-7-5-8(7)4-3-6(1)8;1-2-6-4-7(6)3-5(1)7/h2*9-10H,1-8H2;2*8-9H,1-7H2;2*7-8H,1-6H2;6-7H,1-5H2;5-6H,1-4H2. The maximum absolute atomic E-state index is 1.62. The summed E-state index contributed by atoms with van der Waals surface area (Å²) < 4.78 is 0. The smallest absolute Gasteiger partial charge is 0.0235 e. The fourth-order valence-corrected chi connectivity index (χ4v) is 29.2. The molecule has 20 atom stereocenters. The van der Waals surface area contributed by atoms with Crippen LogP contribution in [0.1, 0.15) is 327 Å². The lowest BCUT2D eigenvalue weighted by atomic mass is 9.41. The van der Waals surface area contributed by atoms with Crippen LogP contribution in [0.5, 0.6) is 0 Å². The lowest BCUT2D eigenvalue weighted by Gasteiger charge is -2.64. The topological polar surface area (TPSA) is 0 Å². The van der Waals surface area contributed by atoms with E-state index in [2.05, 4.69) is 0 Å². The maximum atomic E-state index is 1.62. The quantitative estimate of drug-likeness (QED) is 0.227. The Morgan fingerprint density at radius 2 is 0.347 bits per heavy atom. The van der Waals surface area contributed by atoms with Crippen molar-refractivity contribution in [2.75, 3.05) is 0 Å². The molecule has 0 radical (unpaired) electrons. The second-order valence-electron chi connectivity index (χ2n) is 35.4. The van der Waals surface area contributed by atoms with Gasteiger partial charge in [0.25, 0.3) is 0 Å². The minimum absolute atomic E-state index is 0.929. The highest BCUT2D eigenvalue weighted by molar-refractivity contribution is 5.22. The molecule has 0 aromatic heterocycles. The van der Waals surface area contributed by atoms with Crippen LogP contribution in [-0.4, -0.2) is 0 Å². The molecule has 24 saturated carbocycles. The first kappa shape index (κ1) is 49.6. The molecular weight excluding hydrogens is 901 g/mol. The molecule has 75 heavy (non-hydrogen) atoms. The predicted octanol–water partition coefficient (Wildman–Crippen LogP) is 21.9. The Bertz CT molecular complexity index is 2020. The van der Waals surface area contributed by atoms with Crippen molar-refractivity contribution >= 4 is 0 Å². The molecule has 24 fully saturated rings. The van der Waals surface area contributed by atoms with Crippen molar-refractivity contribution in [2.24, 2.45) is 138 Å². The van der Waals surface area contributed by atoms with Crippen LogP contribution in [0.2, 0.25) is 0 Å². The van der Waals surface area contributed by atoms with Gasteiger partial charge in [-0.05, 0) is 408 Å². The van der Waals surface area contributed by atoms with E-state index < -0.39 is 0 Å². The van der Waals surface area contributed by atoms with E-state index in [4.69, 9.17) is 0 Å². The van der Waals surface area contributed by atoms with Crippen molar-refractivity contribution in [2.45, 2.75) is 327 Å². The fourth-order valence-electron chi connectivity index (χ4n) is 29.2. The summed E-state index contributed by atoms with van der Waals surface area (Å²) in [6.45, 7) is 0. The third kappa shape index (κ3) is 7.44. The largest absolute Gasteiger partial charge is 0.0530 e. The first-order valence-electron chi connectivity index (χ1n) is 36.8. The van der Waals surface area contributed by atoms with E-state index >= 15 is 0 Å². The zero-order chi connectivity index (χ0) is 49.3. The minimum Gasteiger partial charge on any atom is -0.0530 e. The molecule has 8 spiro atoms. The van der Waals surface area contributed by atoms with Gasteiger partial charge in [-0.2, -0.15) is 0 Å². The molecule has 418 valence electrons. The monoisotopic (exact) mass is 1020 g/mol. The van der Waals surface area contributed by atoms with Crippen LogP contribution in [-0.2, 0) is 0 Å². The van der Waals surface area contributed by atoms with Crippen molar-refractivity contribution in [3.8, 4) is 0 Å². The molecule has 0 aromatic carbocycles. The predicted molar refractivity (Wildman–Crippen MR) is 311 cm³/mol. The summed E-state index contributed by atoms with van der Waals surface area (Å²) in [5.74, 6) is 19.2. The Kier molecular flexibility index (Phi) is 12.1. The molecule has 0 heterocycles. The Morgan fingerprint density at radius 3 is 0.667 bits per heavy atom. The van der Waals surface area contributed by atoms with E-state index in [1.807, 2.05) is 0 Å². The van der Waals surface area contributed by atoms with Crippen LogP contribution in [0.25, 0.3) is 0 Å². The lowest BCUT2D eigenvalue weighted by Crippen LogP contribution is -2.54. The van der Waals surface area contributed by atoms with Gasteiger partial charge in [-0.25, -0.2) is 0 Å². The van der Waals surface area contributed by atoms with E-state index in [0.29, 0.717) is 0 Å². The van der Waals surface area contributed by atoms with Crippen LogP contribution < -0.4 is 0 Å². The van der Waals surface area contributed by atoms with Crippen LogP contribution in [0.3, 0.4) is 0 Å². The van der Waals surface area contributed by atoms with Gasteiger partial charge in [-0.3, -0.25) is 0 Å². The lowest BCUT2D eigenvalue weighted by molar-refractivity contribution is -0.142. The van der Waals surface area contributed by atoms with Crippen LogP contribution >= 0.6 is 0 Å². The number of hydrogen-bond acceptors (Lipinski definition) is 0. The van der Waals surface area contributed by atoms with Crippen molar-refractivity contribution in [3.05, 3.63) is 0 Å². The molecule has 0 amide bonds. The molecule has 0 heteroatoms. The van der Waals surface area contributed by atoms with Crippen molar-refractivity contribution in [3.63, 3.8) is 0 Å². The van der Waals surface area contributed by atoms with Crippen LogP contribution in [0.15, 0.2) is 0 Å². The van der Waals surface area contributed by atoms with Crippen LogP contribution in [0.4, 0.5) is 0 Å². The number of hydrogen-bond donors (Lipinski definition) is 0. The molecule has 0 aliphatic heterocycles. The summed E-state index contributed by atoms with van der Waals surface area (Å²) in [6.07, 6.45) is 80.9. The zero-order valence-electron chi connectivity index (χ0n) is 49.3. The zero-order valence-corrected chi connectivity index (χ0v) is 49.3. The Morgan fingerprint density at radius 1 is 0.133 bits per heavy atom. The Labute approximate surface area is 463 Å². The normalized spacial score (nSPS) is 59.8. The van der Waals surface area contributed by atoms with Gasteiger partial charge in [-0.15, -0.1) is 0 Å². The average molecular weight is 1020 g/mol. The SMILES string of the molecule is C1CC2CC23CC13.C1CC2CC23CCC13.C1CC2CC3CCC23C1.C1CC2CC3CCCC23C1.C1CC2CCC23CCC13.C1CC2CCC23CCC3C1.C1CC2CCCC23CCC3C1.C1CCC2CC23CCCC3C1. The van der Waals surface area contributed by atoms with Gasteiger partial charge >= 0.3 is 0 Å². The van der Waals surface area contributed by atoms with Gasteiger partial charge in [0.05, 0.1) is 0 Å². The highest BCUT2D eigenvalue weighted by Crippen LogP contribution is 2.82. The summed E-state index contributed by atoms with van der Waals surface area (Å²) in [5, 5.41) is 0. The minimum atomic E-state index is 0.929. The summed E-state index contributed by atoms with van der Waals surface area (Å²) in [5.41, 5.74) is 7.74. The molecule has 24 rings (SSSR count). The molecule has 0 bridgehead atoms. The fraction of sp³-hybridized carbons (Fsp3) is 1.00. The first-order valence-corrected chi connectivity index (χ1v) is 36.8. The van der Waals surface area contributed by atoms with E-state index in [1.54, 1.807) is 327 Å². The summed E-state index contributed by atoms with van der Waals surface area (Å²) in [4.78, 5) is 0. The summed E-state index contributed by atoms with van der Waals surface area (Å²) >= 11 is 0. The molecular formula is C75H118. The Balaban J connectivity index is 0.0000000703. The van der Waals surface area contributed by atoms with Crippen molar-refractivity contribution < 1.29 is 0 Å². The molecule has 0 nitrogen and oxygen atoms in total. The van der Waals surface area contributed by atoms with Gasteiger partial charge in [0.15, 0.2) is 0 Å². The summed E-state index contributed by atoms with van der Waals surface area (Å²) in [6, 6.07) is 0. The van der Waals surface area contributed by atoms with Gasteiger partial charge < -0.3 is 0 Å². The van der Waals surface area contributed by atoms with Gasteiger partial charge in [0.1, 0.15) is 0 Å². The highest BCUT2D eigenvalue weighted by atomic mass is 14.8. The summed E-state index contributed by atoms with van der Waals surface area (Å²) in [7, 11) is 0. The van der Waals surface area contributed by atoms with E-state index in [0.717, 1.165) is 43.3 Å².